The van der Waals surface area contributed by atoms with E-state index >= 15 is 0 Å². The van der Waals surface area contributed by atoms with E-state index in [-0.39, 0.29) is 35.7 Å². The lowest BCUT2D eigenvalue weighted by Crippen LogP contribution is -2.49. The second-order valence-corrected chi connectivity index (χ2v) is 6.73. The van der Waals surface area contributed by atoms with Crippen LogP contribution in [0.15, 0.2) is 29.3 Å². The topological polar surface area (TPSA) is 60.0 Å². The number of nitrogens with one attached hydrogen (secondary N) is 2. The zero-order chi connectivity index (χ0) is 19.5. The van der Waals surface area contributed by atoms with Crippen LogP contribution in [0.25, 0.3) is 0 Å². The van der Waals surface area contributed by atoms with Crippen LogP contribution in [-0.4, -0.2) is 63.1 Å². The van der Waals surface area contributed by atoms with Gasteiger partial charge in [0.25, 0.3) is 0 Å². The molecule has 1 aliphatic heterocycles. The summed E-state index contributed by atoms with van der Waals surface area (Å²) < 4.78 is 13.0. The molecule has 1 fully saturated rings. The Balaban J connectivity index is 0.00000392. The third kappa shape index (κ3) is 8.20. The third-order valence-corrected chi connectivity index (χ3v) is 4.75. The molecule has 28 heavy (non-hydrogen) atoms. The summed E-state index contributed by atoms with van der Waals surface area (Å²) in [7, 11) is 1.74. The van der Waals surface area contributed by atoms with Gasteiger partial charge in [0, 0.05) is 58.4 Å². The van der Waals surface area contributed by atoms with Gasteiger partial charge in [-0.05, 0) is 30.7 Å². The van der Waals surface area contributed by atoms with Crippen molar-refractivity contribution in [2.24, 2.45) is 4.99 Å². The van der Waals surface area contributed by atoms with Crippen molar-refractivity contribution in [2.45, 2.75) is 32.6 Å². The van der Waals surface area contributed by atoms with Gasteiger partial charge in [0.1, 0.15) is 5.82 Å². The van der Waals surface area contributed by atoms with Gasteiger partial charge < -0.3 is 20.4 Å². The lowest BCUT2D eigenvalue weighted by molar-refractivity contribution is -0.131. The molecule has 1 aliphatic rings. The largest absolute Gasteiger partial charge is 0.368 e. The SMILES string of the molecule is CCCCCNC(=NC)NCCC(=O)N1CCN(c2ccc(F)cc2)CC1.I. The van der Waals surface area contributed by atoms with Crippen LogP contribution in [0, 0.1) is 5.82 Å². The second kappa shape index (κ2) is 13.6. The summed E-state index contributed by atoms with van der Waals surface area (Å²) in [6.07, 6.45) is 3.96. The van der Waals surface area contributed by atoms with Crippen LogP contribution in [0.2, 0.25) is 0 Å². The molecule has 8 heteroatoms. The lowest BCUT2D eigenvalue weighted by atomic mass is 10.2. The molecule has 1 amide bonds. The monoisotopic (exact) mass is 505 g/mol. The average molecular weight is 505 g/mol. The minimum atomic E-state index is -0.227. The molecular weight excluding hydrogens is 472 g/mol. The molecule has 1 saturated heterocycles. The van der Waals surface area contributed by atoms with Crippen LogP contribution in [-0.2, 0) is 4.79 Å². The van der Waals surface area contributed by atoms with Crippen LogP contribution in [0.4, 0.5) is 10.1 Å². The number of piperazine rings is 1. The van der Waals surface area contributed by atoms with Crippen LogP contribution in [0.3, 0.4) is 0 Å². The van der Waals surface area contributed by atoms with Gasteiger partial charge in [-0.3, -0.25) is 9.79 Å². The predicted molar refractivity (Wildman–Crippen MR) is 124 cm³/mol. The fourth-order valence-electron chi connectivity index (χ4n) is 3.11. The Hall–Kier alpha value is -1.58. The normalized spacial score (nSPS) is 14.5. The Bertz CT molecular complexity index is 603. The first-order chi connectivity index (χ1) is 13.1. The molecule has 1 aromatic carbocycles. The number of carbonyl (C=O) groups is 1. The molecule has 0 aliphatic carbocycles. The van der Waals surface area contributed by atoms with Crippen LogP contribution >= 0.6 is 24.0 Å². The molecule has 2 rings (SSSR count). The third-order valence-electron chi connectivity index (χ3n) is 4.75. The zero-order valence-electron chi connectivity index (χ0n) is 16.9. The molecule has 2 N–H and O–H groups in total. The number of aliphatic imine (C=N–C) groups is 1. The van der Waals surface area contributed by atoms with Gasteiger partial charge in [-0.1, -0.05) is 19.8 Å². The maximum absolute atomic E-state index is 13.0. The Labute approximate surface area is 185 Å². The van der Waals surface area contributed by atoms with E-state index < -0.39 is 0 Å². The molecule has 0 saturated carbocycles. The minimum absolute atomic E-state index is 0. The summed E-state index contributed by atoms with van der Waals surface area (Å²) in [5, 5.41) is 6.47. The van der Waals surface area contributed by atoms with Crippen molar-refractivity contribution in [3.63, 3.8) is 0 Å². The number of unbranched alkanes of at least 4 members (excludes halogenated alkanes) is 2. The molecule has 6 nitrogen and oxygen atoms in total. The van der Waals surface area contributed by atoms with Gasteiger partial charge in [-0.2, -0.15) is 0 Å². The molecular formula is C20H33FIN5O. The molecule has 158 valence electrons. The minimum Gasteiger partial charge on any atom is -0.368 e. The predicted octanol–water partition coefficient (Wildman–Crippen LogP) is 2.84. The van der Waals surface area contributed by atoms with E-state index in [2.05, 4.69) is 27.4 Å². The maximum atomic E-state index is 13.0. The van der Waals surface area contributed by atoms with Crippen molar-refractivity contribution < 1.29 is 9.18 Å². The number of carbonyl (C=O) groups excluding carboxylic acids is 1. The number of rotatable bonds is 8. The molecule has 0 atom stereocenters. The van der Waals surface area contributed by atoms with Crippen LogP contribution < -0.4 is 15.5 Å². The highest BCUT2D eigenvalue weighted by Gasteiger charge is 2.21. The first kappa shape index (κ1) is 24.5. The lowest BCUT2D eigenvalue weighted by Gasteiger charge is -2.36. The number of hydrogen-bond acceptors (Lipinski definition) is 3. The van der Waals surface area contributed by atoms with E-state index in [1.165, 1.54) is 25.0 Å². The fourth-order valence-corrected chi connectivity index (χ4v) is 3.11. The number of nitrogens with zero attached hydrogens (tertiary/aromatic N) is 3. The Morgan fingerprint density at radius 2 is 1.71 bits per heavy atom. The number of guanidine groups is 1. The van der Waals surface area contributed by atoms with Crippen molar-refractivity contribution in [1.29, 1.82) is 0 Å². The number of benzene rings is 1. The van der Waals surface area contributed by atoms with E-state index in [1.54, 1.807) is 19.2 Å². The Morgan fingerprint density at radius 3 is 2.32 bits per heavy atom. The van der Waals surface area contributed by atoms with Gasteiger partial charge in [0.05, 0.1) is 0 Å². The summed E-state index contributed by atoms with van der Waals surface area (Å²) in [5.74, 6) is 0.678. The number of amides is 1. The Morgan fingerprint density at radius 1 is 1.07 bits per heavy atom. The summed E-state index contributed by atoms with van der Waals surface area (Å²) in [4.78, 5) is 20.7. The fraction of sp³-hybridized carbons (Fsp3) is 0.600. The summed E-state index contributed by atoms with van der Waals surface area (Å²) in [6.45, 7) is 6.58. The van der Waals surface area contributed by atoms with Gasteiger partial charge in [-0.25, -0.2) is 4.39 Å². The summed E-state index contributed by atoms with van der Waals surface area (Å²) >= 11 is 0. The van der Waals surface area contributed by atoms with Gasteiger partial charge in [-0.15, -0.1) is 24.0 Å². The number of halogens is 2. The van der Waals surface area contributed by atoms with E-state index in [0.29, 0.717) is 26.1 Å². The molecule has 1 heterocycles. The van der Waals surface area contributed by atoms with E-state index in [9.17, 15) is 9.18 Å². The first-order valence-corrected chi connectivity index (χ1v) is 9.87. The van der Waals surface area contributed by atoms with E-state index in [0.717, 1.165) is 37.7 Å². The van der Waals surface area contributed by atoms with Gasteiger partial charge in [0.15, 0.2) is 5.96 Å². The second-order valence-electron chi connectivity index (χ2n) is 6.73. The highest BCUT2D eigenvalue weighted by Crippen LogP contribution is 2.17. The number of hydrogen-bond donors (Lipinski definition) is 2. The quantitative estimate of drug-likeness (QED) is 0.247. The zero-order valence-corrected chi connectivity index (χ0v) is 19.2. The average Bonchev–Trinajstić information content (AvgIpc) is 2.70. The maximum Gasteiger partial charge on any atom is 0.224 e. The molecule has 0 spiro atoms. The standard InChI is InChI=1S/C20H32FN5O.HI/c1-3-4-5-11-23-20(22-2)24-12-10-19(27)26-15-13-25(14-16-26)18-8-6-17(21)7-9-18;/h6-9H,3-5,10-16H2,1-2H3,(H2,22,23,24);1H. The summed E-state index contributed by atoms with van der Waals surface area (Å²) in [5.41, 5.74) is 1.00. The van der Waals surface area contributed by atoms with Crippen molar-refractivity contribution in [1.82, 2.24) is 15.5 Å². The van der Waals surface area contributed by atoms with Crippen LogP contribution in [0.1, 0.15) is 32.6 Å². The molecule has 0 unspecified atom stereocenters. The number of anilines is 1. The molecule has 0 radical (unpaired) electrons. The van der Waals surface area contributed by atoms with Crippen LogP contribution in [0.5, 0.6) is 0 Å². The van der Waals surface area contributed by atoms with Crippen molar-refractivity contribution in [2.75, 3.05) is 51.2 Å². The van der Waals surface area contributed by atoms with Crippen molar-refractivity contribution >= 4 is 41.5 Å². The van der Waals surface area contributed by atoms with Gasteiger partial charge >= 0.3 is 0 Å². The van der Waals surface area contributed by atoms with E-state index in [1.807, 2.05) is 4.90 Å². The highest BCUT2D eigenvalue weighted by atomic mass is 127. The smallest absolute Gasteiger partial charge is 0.224 e. The van der Waals surface area contributed by atoms with E-state index in [4.69, 9.17) is 0 Å². The van der Waals surface area contributed by atoms with Gasteiger partial charge in [0.2, 0.25) is 5.91 Å². The summed E-state index contributed by atoms with van der Waals surface area (Å²) in [6, 6.07) is 6.52. The molecule has 1 aromatic rings. The molecule has 0 aromatic heterocycles. The first-order valence-electron chi connectivity index (χ1n) is 9.87. The van der Waals surface area contributed by atoms with Crippen molar-refractivity contribution in [3.05, 3.63) is 30.1 Å². The highest BCUT2D eigenvalue weighted by molar-refractivity contribution is 14.0. The van der Waals surface area contributed by atoms with Crippen molar-refractivity contribution in [3.8, 4) is 0 Å². The molecule has 0 bridgehead atoms. The Kier molecular flexibility index (Phi) is 11.9.